The molecular weight excluding hydrogens is 348 g/mol. The minimum Gasteiger partial charge on any atom is -0.456 e. The third-order valence-corrected chi connectivity index (χ3v) is 3.49. The smallest absolute Gasteiger partial charge is 0.319 e. The van der Waals surface area contributed by atoms with Crippen molar-refractivity contribution in [2.75, 3.05) is 11.9 Å². The lowest BCUT2D eigenvalue weighted by molar-refractivity contribution is -0.145. The van der Waals surface area contributed by atoms with Gasteiger partial charge in [-0.05, 0) is 24.3 Å². The van der Waals surface area contributed by atoms with Crippen LogP contribution in [0.1, 0.15) is 12.3 Å². The lowest BCUT2D eigenvalue weighted by Gasteiger charge is -2.07. The minimum absolute atomic E-state index is 0.0297. The second-order valence-electron chi connectivity index (χ2n) is 5.52. The molecule has 0 aliphatic carbocycles. The van der Waals surface area contributed by atoms with Crippen molar-refractivity contribution in [1.82, 2.24) is 15.5 Å². The van der Waals surface area contributed by atoms with Gasteiger partial charge in [0.15, 0.2) is 6.61 Å². The molecule has 2 aromatic carbocycles. The molecule has 0 aliphatic heterocycles. The van der Waals surface area contributed by atoms with E-state index in [0.29, 0.717) is 11.6 Å². The lowest BCUT2D eigenvalue weighted by Crippen LogP contribution is -2.30. The molecule has 8 heteroatoms. The van der Waals surface area contributed by atoms with Gasteiger partial charge in [-0.1, -0.05) is 36.4 Å². The molecule has 0 spiro atoms. The van der Waals surface area contributed by atoms with Crippen molar-refractivity contribution >= 4 is 17.7 Å². The largest absolute Gasteiger partial charge is 0.456 e. The fourth-order valence-corrected chi connectivity index (χ4v) is 2.20. The van der Waals surface area contributed by atoms with Gasteiger partial charge in [0.1, 0.15) is 0 Å². The topological polar surface area (TPSA) is 106 Å². The van der Waals surface area contributed by atoms with Crippen LogP contribution >= 0.6 is 0 Å². The first-order valence-corrected chi connectivity index (χ1v) is 8.34. The van der Waals surface area contributed by atoms with Crippen LogP contribution in [0.15, 0.2) is 65.1 Å². The number of para-hydroxylation sites is 1. The third-order valence-electron chi connectivity index (χ3n) is 3.49. The number of benzene rings is 2. The summed E-state index contributed by atoms with van der Waals surface area (Å²) in [7, 11) is 0. The van der Waals surface area contributed by atoms with E-state index < -0.39 is 12.0 Å². The Morgan fingerprint density at radius 2 is 1.67 bits per heavy atom. The van der Waals surface area contributed by atoms with Crippen molar-refractivity contribution in [2.24, 2.45) is 0 Å². The van der Waals surface area contributed by atoms with Crippen LogP contribution in [0.3, 0.4) is 0 Å². The molecule has 3 rings (SSSR count). The molecule has 27 heavy (non-hydrogen) atoms. The number of urea groups is 1. The van der Waals surface area contributed by atoms with Crippen LogP contribution in [-0.4, -0.2) is 28.7 Å². The van der Waals surface area contributed by atoms with E-state index in [4.69, 9.17) is 9.15 Å². The zero-order chi connectivity index (χ0) is 18.9. The Hall–Kier alpha value is -3.68. The van der Waals surface area contributed by atoms with Gasteiger partial charge in [0.05, 0.1) is 6.42 Å². The zero-order valence-corrected chi connectivity index (χ0v) is 14.4. The van der Waals surface area contributed by atoms with Gasteiger partial charge >= 0.3 is 12.0 Å². The first-order chi connectivity index (χ1) is 13.2. The summed E-state index contributed by atoms with van der Waals surface area (Å²) in [6.07, 6.45) is 0.0297. The summed E-state index contributed by atoms with van der Waals surface area (Å²) in [6.45, 7) is 0.0332. The summed E-state index contributed by atoms with van der Waals surface area (Å²) in [6, 6.07) is 17.9. The van der Waals surface area contributed by atoms with Gasteiger partial charge in [-0.25, -0.2) is 4.79 Å². The fourth-order valence-electron chi connectivity index (χ4n) is 2.20. The van der Waals surface area contributed by atoms with Gasteiger partial charge in [-0.3, -0.25) is 4.79 Å². The van der Waals surface area contributed by atoms with Crippen molar-refractivity contribution in [3.05, 3.63) is 66.6 Å². The predicted molar refractivity (Wildman–Crippen MR) is 97.6 cm³/mol. The molecule has 0 fully saturated rings. The summed E-state index contributed by atoms with van der Waals surface area (Å²) in [5.41, 5.74) is 1.46. The SMILES string of the molecule is O=C(NCCC(=O)OCc1nnc(-c2ccccc2)o1)Nc1ccccc1. The van der Waals surface area contributed by atoms with Crippen molar-refractivity contribution in [1.29, 1.82) is 0 Å². The number of carbonyl (C=O) groups excluding carboxylic acids is 2. The third kappa shape index (κ3) is 5.67. The Kier molecular flexibility index (Phi) is 6.13. The maximum atomic E-state index is 11.7. The number of aromatic nitrogens is 2. The molecule has 0 saturated carbocycles. The van der Waals surface area contributed by atoms with E-state index in [0.717, 1.165) is 5.56 Å². The van der Waals surface area contributed by atoms with Gasteiger partial charge in [-0.2, -0.15) is 0 Å². The first-order valence-electron chi connectivity index (χ1n) is 8.34. The van der Waals surface area contributed by atoms with Crippen LogP contribution in [0.25, 0.3) is 11.5 Å². The summed E-state index contributed by atoms with van der Waals surface area (Å²) < 4.78 is 10.5. The average Bonchev–Trinajstić information content (AvgIpc) is 3.17. The van der Waals surface area contributed by atoms with E-state index >= 15 is 0 Å². The van der Waals surface area contributed by atoms with Gasteiger partial charge < -0.3 is 19.8 Å². The monoisotopic (exact) mass is 366 g/mol. The van der Waals surface area contributed by atoms with E-state index in [2.05, 4.69) is 20.8 Å². The number of ether oxygens (including phenoxy) is 1. The number of nitrogens with one attached hydrogen (secondary N) is 2. The van der Waals surface area contributed by atoms with E-state index in [1.807, 2.05) is 48.5 Å². The number of hydrogen-bond donors (Lipinski definition) is 2. The van der Waals surface area contributed by atoms with Crippen molar-refractivity contribution in [2.45, 2.75) is 13.0 Å². The summed E-state index contributed by atoms with van der Waals surface area (Å²) in [5.74, 6) is 0.0901. The van der Waals surface area contributed by atoms with Crippen molar-refractivity contribution in [3.8, 4) is 11.5 Å². The molecule has 0 atom stereocenters. The molecule has 1 aromatic heterocycles. The van der Waals surface area contributed by atoms with Crippen molar-refractivity contribution in [3.63, 3.8) is 0 Å². The van der Waals surface area contributed by atoms with E-state index in [9.17, 15) is 9.59 Å². The van der Waals surface area contributed by atoms with Gasteiger partial charge in [0.2, 0.25) is 5.89 Å². The molecule has 138 valence electrons. The van der Waals surface area contributed by atoms with Crippen LogP contribution in [0.5, 0.6) is 0 Å². The zero-order valence-electron chi connectivity index (χ0n) is 14.4. The molecule has 8 nitrogen and oxygen atoms in total. The Bertz CT molecular complexity index is 881. The molecule has 0 saturated heterocycles. The highest BCUT2D eigenvalue weighted by Crippen LogP contribution is 2.17. The van der Waals surface area contributed by atoms with Crippen LogP contribution < -0.4 is 10.6 Å². The molecule has 0 radical (unpaired) electrons. The fraction of sp³-hybridized carbons (Fsp3) is 0.158. The molecule has 0 unspecified atom stereocenters. The number of esters is 1. The quantitative estimate of drug-likeness (QED) is 0.623. The number of hydrogen-bond acceptors (Lipinski definition) is 6. The summed E-state index contributed by atoms with van der Waals surface area (Å²) >= 11 is 0. The van der Waals surface area contributed by atoms with Crippen LogP contribution in [0.4, 0.5) is 10.5 Å². The molecule has 0 aliphatic rings. The molecule has 2 N–H and O–H groups in total. The Morgan fingerprint density at radius 3 is 2.41 bits per heavy atom. The van der Waals surface area contributed by atoms with E-state index in [-0.39, 0.29) is 25.5 Å². The maximum absolute atomic E-state index is 11.7. The second-order valence-corrected chi connectivity index (χ2v) is 5.52. The van der Waals surface area contributed by atoms with E-state index in [1.165, 1.54) is 0 Å². The van der Waals surface area contributed by atoms with Crippen LogP contribution in [0, 0.1) is 0 Å². The van der Waals surface area contributed by atoms with Gasteiger partial charge in [-0.15, -0.1) is 10.2 Å². The summed E-state index contributed by atoms with van der Waals surface area (Å²) in [5, 5.41) is 13.0. The molecule has 2 amide bonds. The number of carbonyl (C=O) groups is 2. The Labute approximate surface area is 155 Å². The molecule has 1 heterocycles. The average molecular weight is 366 g/mol. The summed E-state index contributed by atoms with van der Waals surface area (Å²) in [4.78, 5) is 23.5. The highest BCUT2D eigenvalue weighted by Gasteiger charge is 2.11. The van der Waals surface area contributed by atoms with Crippen LogP contribution in [0.2, 0.25) is 0 Å². The molecule has 0 bridgehead atoms. The Balaban J connectivity index is 1.36. The normalized spacial score (nSPS) is 10.2. The standard InChI is InChI=1S/C19H18N4O4/c24-17(11-12-20-19(25)21-15-9-5-2-6-10-15)26-13-16-22-23-18(27-16)14-7-3-1-4-8-14/h1-10H,11-13H2,(H2,20,21,25). The van der Waals surface area contributed by atoms with Gasteiger partial charge in [0.25, 0.3) is 5.89 Å². The number of rotatable bonds is 7. The minimum atomic E-state index is -0.477. The van der Waals surface area contributed by atoms with E-state index in [1.54, 1.807) is 12.1 Å². The maximum Gasteiger partial charge on any atom is 0.319 e. The number of anilines is 1. The van der Waals surface area contributed by atoms with Crippen LogP contribution in [-0.2, 0) is 16.1 Å². The predicted octanol–water partition coefficient (Wildman–Crippen LogP) is 2.99. The molecular formula is C19H18N4O4. The highest BCUT2D eigenvalue weighted by molar-refractivity contribution is 5.89. The number of amides is 2. The Morgan fingerprint density at radius 1 is 0.963 bits per heavy atom. The lowest BCUT2D eigenvalue weighted by atomic mass is 10.2. The van der Waals surface area contributed by atoms with Crippen molar-refractivity contribution < 1.29 is 18.7 Å². The number of nitrogens with zero attached hydrogens (tertiary/aromatic N) is 2. The van der Waals surface area contributed by atoms with Gasteiger partial charge in [0, 0.05) is 17.8 Å². The highest BCUT2D eigenvalue weighted by atomic mass is 16.5. The second kappa shape index (κ2) is 9.14. The molecule has 3 aromatic rings. The first kappa shape index (κ1) is 18.1.